The van der Waals surface area contributed by atoms with Gasteiger partial charge in [0.1, 0.15) is 0 Å². The predicted octanol–water partition coefficient (Wildman–Crippen LogP) is 2.77. The first-order valence-corrected chi connectivity index (χ1v) is 8.75. The van der Waals surface area contributed by atoms with E-state index >= 15 is 0 Å². The van der Waals surface area contributed by atoms with Crippen molar-refractivity contribution in [2.45, 2.75) is 29.7 Å². The molecule has 0 aliphatic rings. The molecule has 2 aromatic carbocycles. The first-order chi connectivity index (χ1) is 10.7. The van der Waals surface area contributed by atoms with Crippen molar-refractivity contribution in [3.05, 3.63) is 53.1 Å². The minimum absolute atomic E-state index is 0.140. The van der Waals surface area contributed by atoms with Gasteiger partial charge in [-0.25, -0.2) is 8.42 Å². The van der Waals surface area contributed by atoms with Crippen LogP contribution >= 0.6 is 11.6 Å². The van der Waals surface area contributed by atoms with E-state index in [0.29, 0.717) is 16.3 Å². The minimum atomic E-state index is -3.64. The van der Waals surface area contributed by atoms with Gasteiger partial charge in [-0.05, 0) is 61.9 Å². The number of rotatable bonds is 4. The van der Waals surface area contributed by atoms with E-state index in [1.807, 2.05) is 0 Å². The van der Waals surface area contributed by atoms with Crippen LogP contribution in [0.5, 0.6) is 0 Å². The average Bonchev–Trinajstić information content (AvgIpc) is 2.47. The summed E-state index contributed by atoms with van der Waals surface area (Å²) in [6.45, 7) is 3.26. The van der Waals surface area contributed by atoms with Crippen molar-refractivity contribution in [3.8, 4) is 0 Å². The molecule has 7 heteroatoms. The molecule has 0 bridgehead atoms. The fourth-order valence-electron chi connectivity index (χ4n) is 2.01. The molecule has 1 unspecified atom stereocenters. The van der Waals surface area contributed by atoms with Gasteiger partial charge >= 0.3 is 0 Å². The quantitative estimate of drug-likeness (QED) is 0.885. The highest BCUT2D eigenvalue weighted by molar-refractivity contribution is 7.91. The molecule has 1 amide bonds. The molecule has 0 heterocycles. The number of hydrogen-bond acceptors (Lipinski definition) is 4. The number of nitrogens with one attached hydrogen (secondary N) is 1. The van der Waals surface area contributed by atoms with Crippen LogP contribution in [0.3, 0.4) is 0 Å². The average molecular weight is 353 g/mol. The van der Waals surface area contributed by atoms with Crippen molar-refractivity contribution < 1.29 is 13.2 Å². The summed E-state index contributed by atoms with van der Waals surface area (Å²) in [5.74, 6) is -0.339. The summed E-state index contributed by atoms with van der Waals surface area (Å²) in [6.07, 6.45) is 0. The summed E-state index contributed by atoms with van der Waals surface area (Å²) in [4.78, 5) is 11.9. The molecule has 5 nitrogen and oxygen atoms in total. The van der Waals surface area contributed by atoms with Crippen LogP contribution in [-0.4, -0.2) is 20.4 Å². The number of halogens is 1. The zero-order chi connectivity index (χ0) is 17.2. The molecule has 23 heavy (non-hydrogen) atoms. The molecular formula is C16H17ClN2O3S. The van der Waals surface area contributed by atoms with E-state index in [9.17, 15) is 13.2 Å². The second kappa shape index (κ2) is 6.70. The Bertz CT molecular complexity index is 831. The number of hydrogen-bond donors (Lipinski definition) is 2. The van der Waals surface area contributed by atoms with E-state index in [2.05, 4.69) is 5.32 Å². The minimum Gasteiger partial charge on any atom is -0.325 e. The van der Waals surface area contributed by atoms with Crippen LogP contribution in [0.25, 0.3) is 0 Å². The van der Waals surface area contributed by atoms with Gasteiger partial charge in [0.15, 0.2) is 0 Å². The molecule has 1 atom stereocenters. The van der Waals surface area contributed by atoms with Crippen molar-refractivity contribution in [1.82, 2.24) is 0 Å². The molecule has 2 aromatic rings. The summed E-state index contributed by atoms with van der Waals surface area (Å²) in [5, 5.41) is 3.08. The molecule has 0 aliphatic heterocycles. The van der Waals surface area contributed by atoms with Crippen LogP contribution in [0.2, 0.25) is 5.02 Å². The maximum atomic E-state index is 12.7. The van der Waals surface area contributed by atoms with Crippen LogP contribution in [0.1, 0.15) is 12.5 Å². The smallest absolute Gasteiger partial charge is 0.240 e. The predicted molar refractivity (Wildman–Crippen MR) is 90.4 cm³/mol. The Morgan fingerprint density at radius 2 is 1.78 bits per heavy atom. The Labute approximate surface area is 140 Å². The molecule has 0 radical (unpaired) electrons. The lowest BCUT2D eigenvalue weighted by molar-refractivity contribution is -0.117. The van der Waals surface area contributed by atoms with Crippen LogP contribution in [0.15, 0.2) is 52.3 Å². The fraction of sp³-hybridized carbons (Fsp3) is 0.188. The number of carbonyl (C=O) groups excluding carboxylic acids is 1. The van der Waals surface area contributed by atoms with Crippen LogP contribution in [0, 0.1) is 6.92 Å². The van der Waals surface area contributed by atoms with Crippen LogP contribution < -0.4 is 11.1 Å². The van der Waals surface area contributed by atoms with E-state index in [1.165, 1.54) is 30.3 Å². The van der Waals surface area contributed by atoms with E-state index in [1.54, 1.807) is 26.0 Å². The van der Waals surface area contributed by atoms with Gasteiger partial charge in [0.25, 0.3) is 0 Å². The van der Waals surface area contributed by atoms with Crippen molar-refractivity contribution in [2.75, 3.05) is 5.32 Å². The van der Waals surface area contributed by atoms with Crippen molar-refractivity contribution in [2.24, 2.45) is 5.73 Å². The number of sulfone groups is 1. The van der Waals surface area contributed by atoms with Gasteiger partial charge in [-0.2, -0.15) is 0 Å². The Morgan fingerprint density at radius 3 is 2.30 bits per heavy atom. The van der Waals surface area contributed by atoms with Gasteiger partial charge in [0.2, 0.25) is 15.7 Å². The third-order valence-electron chi connectivity index (χ3n) is 3.27. The number of amides is 1. The Balaban J connectivity index is 2.32. The second-order valence-electron chi connectivity index (χ2n) is 5.22. The molecule has 122 valence electrons. The zero-order valence-electron chi connectivity index (χ0n) is 12.7. The lowest BCUT2D eigenvalue weighted by Crippen LogP contribution is -2.32. The number of aryl methyl sites for hydroxylation is 1. The van der Waals surface area contributed by atoms with E-state index in [0.717, 1.165) is 0 Å². The van der Waals surface area contributed by atoms with Crippen LogP contribution in [-0.2, 0) is 14.6 Å². The molecule has 0 aromatic heterocycles. The molecule has 0 aliphatic carbocycles. The molecule has 0 fully saturated rings. The topological polar surface area (TPSA) is 89.3 Å². The Kier molecular flexibility index (Phi) is 5.09. The summed E-state index contributed by atoms with van der Waals surface area (Å²) >= 11 is 5.86. The number of anilines is 1. The summed E-state index contributed by atoms with van der Waals surface area (Å²) < 4.78 is 25.3. The molecular weight excluding hydrogens is 336 g/mol. The highest BCUT2D eigenvalue weighted by Gasteiger charge is 2.20. The maximum absolute atomic E-state index is 12.7. The number of benzene rings is 2. The highest BCUT2D eigenvalue weighted by atomic mass is 35.5. The van der Waals surface area contributed by atoms with E-state index < -0.39 is 15.9 Å². The molecule has 0 saturated heterocycles. The van der Waals surface area contributed by atoms with Crippen molar-refractivity contribution in [1.29, 1.82) is 0 Å². The second-order valence-corrected chi connectivity index (χ2v) is 7.57. The lowest BCUT2D eigenvalue weighted by atomic mass is 10.2. The van der Waals surface area contributed by atoms with Gasteiger partial charge in [-0.3, -0.25) is 4.79 Å². The molecule has 0 spiro atoms. The van der Waals surface area contributed by atoms with E-state index in [-0.39, 0.29) is 15.7 Å². The first kappa shape index (κ1) is 17.5. The molecule has 0 saturated carbocycles. The van der Waals surface area contributed by atoms with Crippen molar-refractivity contribution >= 4 is 33.0 Å². The lowest BCUT2D eigenvalue weighted by Gasteiger charge is -2.10. The first-order valence-electron chi connectivity index (χ1n) is 6.89. The zero-order valence-corrected chi connectivity index (χ0v) is 14.3. The monoisotopic (exact) mass is 352 g/mol. The van der Waals surface area contributed by atoms with E-state index in [4.69, 9.17) is 17.3 Å². The van der Waals surface area contributed by atoms with Gasteiger partial charge < -0.3 is 11.1 Å². The molecule has 3 N–H and O–H groups in total. The van der Waals surface area contributed by atoms with Gasteiger partial charge in [-0.1, -0.05) is 11.6 Å². The molecule has 2 rings (SSSR count). The third-order valence-corrected chi connectivity index (χ3v) is 5.44. The summed E-state index contributed by atoms with van der Waals surface area (Å²) in [5.41, 5.74) is 6.53. The largest absolute Gasteiger partial charge is 0.325 e. The standard InChI is InChI=1S/C16H17ClN2O3S/c1-10-9-12(17)3-8-15(10)23(21,22)14-6-4-13(5-7-14)19-16(20)11(2)18/h3-9,11H,18H2,1-2H3,(H,19,20). The van der Waals surface area contributed by atoms with Gasteiger partial charge in [0.05, 0.1) is 15.8 Å². The highest BCUT2D eigenvalue weighted by Crippen LogP contribution is 2.26. The normalized spacial score (nSPS) is 12.7. The number of carbonyl (C=O) groups is 1. The fourth-order valence-corrected chi connectivity index (χ4v) is 3.72. The third kappa shape index (κ3) is 3.90. The Hall–Kier alpha value is -1.89. The SMILES string of the molecule is Cc1cc(Cl)ccc1S(=O)(=O)c1ccc(NC(=O)C(C)N)cc1. The van der Waals surface area contributed by atoms with Gasteiger partial charge in [0, 0.05) is 10.7 Å². The van der Waals surface area contributed by atoms with Crippen LogP contribution in [0.4, 0.5) is 5.69 Å². The number of nitrogens with two attached hydrogens (primary N) is 1. The summed E-state index contributed by atoms with van der Waals surface area (Å²) in [6, 6.07) is 9.93. The maximum Gasteiger partial charge on any atom is 0.240 e. The van der Waals surface area contributed by atoms with Crippen molar-refractivity contribution in [3.63, 3.8) is 0 Å². The summed E-state index contributed by atoms with van der Waals surface area (Å²) in [7, 11) is -3.64. The van der Waals surface area contributed by atoms with Gasteiger partial charge in [-0.15, -0.1) is 0 Å². The Morgan fingerprint density at radius 1 is 1.17 bits per heavy atom.